The average molecular weight is 290 g/mol. The highest BCUT2D eigenvalue weighted by atomic mass is 16.3. The van der Waals surface area contributed by atoms with Gasteiger partial charge in [0, 0.05) is 25.4 Å². The zero-order valence-electron chi connectivity index (χ0n) is 13.4. The van der Waals surface area contributed by atoms with Crippen LogP contribution in [0.5, 0.6) is 0 Å². The van der Waals surface area contributed by atoms with E-state index in [1.165, 1.54) is 44.9 Å². The number of fused-ring (bicyclic) bond motifs is 1. The Bertz CT molecular complexity index is 442. The van der Waals surface area contributed by atoms with Crippen molar-refractivity contribution >= 4 is 0 Å². The van der Waals surface area contributed by atoms with Crippen molar-refractivity contribution in [1.29, 1.82) is 0 Å². The molecule has 0 aromatic carbocycles. The lowest BCUT2D eigenvalue weighted by Crippen LogP contribution is -2.34. The van der Waals surface area contributed by atoms with Gasteiger partial charge in [-0.1, -0.05) is 32.6 Å². The van der Waals surface area contributed by atoms with E-state index in [4.69, 9.17) is 0 Å². The molecule has 2 saturated carbocycles. The summed E-state index contributed by atoms with van der Waals surface area (Å²) in [5.74, 6) is 3.41. The van der Waals surface area contributed by atoms with E-state index >= 15 is 0 Å². The van der Waals surface area contributed by atoms with Crippen LogP contribution in [0.1, 0.15) is 64.1 Å². The third-order valence-corrected chi connectivity index (χ3v) is 5.78. The smallest absolute Gasteiger partial charge is 0.111 e. The molecule has 0 bridgehead atoms. The summed E-state index contributed by atoms with van der Waals surface area (Å²) in [6.07, 6.45) is 15.1. The number of aliphatic hydroxyl groups excluding tert-OH is 1. The molecule has 0 saturated heterocycles. The first-order chi connectivity index (χ1) is 10.3. The maximum absolute atomic E-state index is 10.7. The molecule has 1 aromatic heterocycles. The van der Waals surface area contributed by atoms with Crippen LogP contribution in [0.2, 0.25) is 0 Å². The van der Waals surface area contributed by atoms with Gasteiger partial charge >= 0.3 is 0 Å². The zero-order valence-corrected chi connectivity index (χ0v) is 13.4. The molecule has 1 N–H and O–H groups in total. The number of aliphatic hydroxyl groups is 1. The normalized spacial score (nSPS) is 30.9. The molecule has 3 nitrogen and oxygen atoms in total. The summed E-state index contributed by atoms with van der Waals surface area (Å²) in [4.78, 5) is 4.45. The van der Waals surface area contributed by atoms with E-state index < -0.39 is 0 Å². The molecular weight excluding hydrogens is 260 g/mol. The lowest BCUT2D eigenvalue weighted by Gasteiger charge is -2.40. The van der Waals surface area contributed by atoms with E-state index in [9.17, 15) is 5.11 Å². The first-order valence-electron chi connectivity index (χ1n) is 8.96. The van der Waals surface area contributed by atoms with Crippen molar-refractivity contribution in [1.82, 2.24) is 9.55 Å². The number of rotatable bonds is 5. The van der Waals surface area contributed by atoms with Gasteiger partial charge in [-0.05, 0) is 43.4 Å². The summed E-state index contributed by atoms with van der Waals surface area (Å²) in [5, 5.41) is 10.7. The van der Waals surface area contributed by atoms with Crippen LogP contribution in [-0.4, -0.2) is 20.8 Å². The molecule has 0 spiro atoms. The summed E-state index contributed by atoms with van der Waals surface area (Å²) in [7, 11) is 0. The first kappa shape index (κ1) is 15.1. The molecule has 3 rings (SSSR count). The lowest BCUT2D eigenvalue weighted by molar-refractivity contribution is 0.0346. The van der Waals surface area contributed by atoms with Crippen LogP contribution in [0.15, 0.2) is 12.4 Å². The van der Waals surface area contributed by atoms with E-state index in [0.717, 1.165) is 37.0 Å². The standard InChI is InChI=1S/C18H30N2O/c1-2-10-20-11-9-19-18(20)13-17(21)16-8-7-14-5-3-4-6-15(14)12-16/h9,11,14-17,21H,2-8,10,12-13H2,1H3. The van der Waals surface area contributed by atoms with Gasteiger partial charge in [-0.15, -0.1) is 0 Å². The van der Waals surface area contributed by atoms with Crippen molar-refractivity contribution in [3.63, 3.8) is 0 Å². The van der Waals surface area contributed by atoms with E-state index in [1.807, 2.05) is 12.4 Å². The van der Waals surface area contributed by atoms with Crippen LogP contribution in [0.3, 0.4) is 0 Å². The van der Waals surface area contributed by atoms with Crippen molar-refractivity contribution in [2.75, 3.05) is 0 Å². The van der Waals surface area contributed by atoms with Gasteiger partial charge in [0.1, 0.15) is 5.82 Å². The average Bonchev–Trinajstić information content (AvgIpc) is 2.94. The largest absolute Gasteiger partial charge is 0.392 e. The third kappa shape index (κ3) is 3.50. The molecule has 2 aliphatic carbocycles. The Hall–Kier alpha value is -0.830. The second-order valence-corrected chi connectivity index (χ2v) is 7.19. The molecule has 2 aliphatic rings. The molecule has 4 unspecified atom stereocenters. The van der Waals surface area contributed by atoms with E-state index in [1.54, 1.807) is 0 Å². The van der Waals surface area contributed by atoms with Gasteiger partial charge in [0.25, 0.3) is 0 Å². The maximum atomic E-state index is 10.7. The maximum Gasteiger partial charge on any atom is 0.111 e. The number of hydrogen-bond acceptors (Lipinski definition) is 2. The van der Waals surface area contributed by atoms with E-state index in [2.05, 4.69) is 16.5 Å². The van der Waals surface area contributed by atoms with Gasteiger partial charge in [0.05, 0.1) is 6.10 Å². The molecule has 0 amide bonds. The van der Waals surface area contributed by atoms with Gasteiger partial charge in [0.15, 0.2) is 0 Å². The van der Waals surface area contributed by atoms with Crippen molar-refractivity contribution in [3.8, 4) is 0 Å². The highest BCUT2D eigenvalue weighted by Crippen LogP contribution is 2.43. The quantitative estimate of drug-likeness (QED) is 0.895. The second-order valence-electron chi connectivity index (χ2n) is 7.19. The van der Waals surface area contributed by atoms with Gasteiger partial charge in [-0.25, -0.2) is 4.98 Å². The summed E-state index contributed by atoms with van der Waals surface area (Å²) in [6, 6.07) is 0. The highest BCUT2D eigenvalue weighted by molar-refractivity contribution is 4.96. The number of imidazole rings is 1. The molecule has 3 heteroatoms. The second kappa shape index (κ2) is 6.95. The van der Waals surface area contributed by atoms with Crippen LogP contribution in [0.25, 0.3) is 0 Å². The molecule has 0 aliphatic heterocycles. The van der Waals surface area contributed by atoms with Crippen molar-refractivity contribution in [3.05, 3.63) is 18.2 Å². The Morgan fingerprint density at radius 1 is 1.24 bits per heavy atom. The molecule has 4 atom stereocenters. The monoisotopic (exact) mass is 290 g/mol. The molecule has 21 heavy (non-hydrogen) atoms. The zero-order chi connectivity index (χ0) is 14.7. The Morgan fingerprint density at radius 3 is 2.86 bits per heavy atom. The van der Waals surface area contributed by atoms with Crippen LogP contribution in [0, 0.1) is 17.8 Å². The lowest BCUT2D eigenvalue weighted by atomic mass is 9.66. The van der Waals surface area contributed by atoms with Gasteiger partial charge in [-0.2, -0.15) is 0 Å². The molecule has 2 fully saturated rings. The Kier molecular flexibility index (Phi) is 4.99. The van der Waals surface area contributed by atoms with Crippen LogP contribution < -0.4 is 0 Å². The van der Waals surface area contributed by atoms with E-state index in [0.29, 0.717) is 5.92 Å². The summed E-state index contributed by atoms with van der Waals surface area (Å²) >= 11 is 0. The van der Waals surface area contributed by atoms with Crippen molar-refractivity contribution in [2.24, 2.45) is 17.8 Å². The minimum Gasteiger partial charge on any atom is -0.392 e. The Labute approximate surface area is 128 Å². The summed E-state index contributed by atoms with van der Waals surface area (Å²) in [6.45, 7) is 3.20. The number of aryl methyl sites for hydroxylation is 1. The minimum atomic E-state index is -0.203. The van der Waals surface area contributed by atoms with Crippen LogP contribution in [-0.2, 0) is 13.0 Å². The third-order valence-electron chi connectivity index (χ3n) is 5.78. The summed E-state index contributed by atoms with van der Waals surface area (Å²) < 4.78 is 2.20. The Morgan fingerprint density at radius 2 is 2.05 bits per heavy atom. The minimum absolute atomic E-state index is 0.203. The highest BCUT2D eigenvalue weighted by Gasteiger charge is 2.35. The fraction of sp³-hybridized carbons (Fsp3) is 0.833. The Balaban J connectivity index is 1.57. The van der Waals surface area contributed by atoms with Gasteiger partial charge < -0.3 is 9.67 Å². The topological polar surface area (TPSA) is 38.0 Å². The van der Waals surface area contributed by atoms with Crippen LogP contribution >= 0.6 is 0 Å². The predicted octanol–water partition coefficient (Wildman–Crippen LogP) is 3.80. The fourth-order valence-corrected chi connectivity index (χ4v) is 4.59. The first-order valence-corrected chi connectivity index (χ1v) is 8.96. The van der Waals surface area contributed by atoms with Crippen molar-refractivity contribution in [2.45, 2.75) is 77.4 Å². The molecule has 118 valence electrons. The summed E-state index contributed by atoms with van der Waals surface area (Å²) in [5.41, 5.74) is 0. The number of aromatic nitrogens is 2. The molecule has 1 heterocycles. The van der Waals surface area contributed by atoms with Gasteiger partial charge in [0.2, 0.25) is 0 Å². The number of nitrogens with zero attached hydrogens (tertiary/aromatic N) is 2. The molecular formula is C18H30N2O. The molecule has 0 radical (unpaired) electrons. The predicted molar refractivity (Wildman–Crippen MR) is 85.0 cm³/mol. The van der Waals surface area contributed by atoms with Gasteiger partial charge in [-0.3, -0.25) is 0 Å². The SMILES string of the molecule is CCCn1ccnc1CC(O)C1CCC2CCCCC2C1. The molecule has 1 aromatic rings. The van der Waals surface area contributed by atoms with E-state index in [-0.39, 0.29) is 6.10 Å². The fourth-order valence-electron chi connectivity index (χ4n) is 4.59. The number of hydrogen-bond donors (Lipinski definition) is 1. The van der Waals surface area contributed by atoms with Crippen LogP contribution in [0.4, 0.5) is 0 Å². The van der Waals surface area contributed by atoms with Crippen molar-refractivity contribution < 1.29 is 5.11 Å².